The van der Waals surface area contributed by atoms with Gasteiger partial charge in [0.1, 0.15) is 15.9 Å². The first-order chi connectivity index (χ1) is 8.66. The number of hydrogen-bond acceptors (Lipinski definition) is 3. The first-order valence-electron chi connectivity index (χ1n) is 6.34. The van der Waals surface area contributed by atoms with E-state index in [1.807, 2.05) is 19.3 Å². The van der Waals surface area contributed by atoms with Gasteiger partial charge in [0.05, 0.1) is 5.69 Å². The van der Waals surface area contributed by atoms with Crippen molar-refractivity contribution in [2.24, 2.45) is 0 Å². The summed E-state index contributed by atoms with van der Waals surface area (Å²) in [5.74, 6) is 1.73. The van der Waals surface area contributed by atoms with E-state index in [4.69, 9.17) is 4.98 Å². The Hall–Kier alpha value is -0.940. The van der Waals surface area contributed by atoms with Crippen LogP contribution in [-0.2, 0) is 0 Å². The van der Waals surface area contributed by atoms with Gasteiger partial charge in [-0.25, -0.2) is 4.98 Å². The fraction of sp³-hybridized carbons (Fsp3) is 0.538. The van der Waals surface area contributed by atoms with Gasteiger partial charge in [-0.3, -0.25) is 9.38 Å². The summed E-state index contributed by atoms with van der Waals surface area (Å²) in [6.45, 7) is 4.34. The zero-order chi connectivity index (χ0) is 12.7. The van der Waals surface area contributed by atoms with Crippen LogP contribution in [0.3, 0.4) is 0 Å². The molecule has 0 unspecified atom stereocenters. The van der Waals surface area contributed by atoms with Crippen LogP contribution in [0.25, 0.3) is 5.52 Å². The minimum atomic E-state index is 0.557. The molecule has 1 aliphatic heterocycles. The second-order valence-electron chi connectivity index (χ2n) is 5.07. The zero-order valence-corrected chi connectivity index (χ0v) is 12.3. The number of aromatic nitrogens is 3. The van der Waals surface area contributed by atoms with Crippen LogP contribution in [0.5, 0.6) is 0 Å². The van der Waals surface area contributed by atoms with Gasteiger partial charge in [0.25, 0.3) is 0 Å². The molecular weight excluding hydrogens is 292 g/mol. The first-order valence-corrected chi connectivity index (χ1v) is 7.13. The number of imidazole rings is 1. The predicted octanol–water partition coefficient (Wildman–Crippen LogP) is 2.61. The van der Waals surface area contributed by atoms with Crippen LogP contribution < -0.4 is 0 Å². The van der Waals surface area contributed by atoms with Gasteiger partial charge < -0.3 is 4.90 Å². The fourth-order valence-electron chi connectivity index (χ4n) is 2.72. The van der Waals surface area contributed by atoms with Crippen molar-refractivity contribution in [1.82, 2.24) is 19.3 Å². The molecule has 96 valence electrons. The zero-order valence-electron chi connectivity index (χ0n) is 10.7. The van der Waals surface area contributed by atoms with E-state index >= 15 is 0 Å². The number of aryl methyl sites for hydroxylation is 1. The SMILES string of the molecule is Cc1nccn2c(C3CCN(C)CC3)nc(Br)c12. The van der Waals surface area contributed by atoms with Gasteiger partial charge in [0, 0.05) is 18.3 Å². The van der Waals surface area contributed by atoms with Crippen LogP contribution in [0.15, 0.2) is 17.0 Å². The van der Waals surface area contributed by atoms with Crippen LogP contribution in [0.1, 0.15) is 30.3 Å². The van der Waals surface area contributed by atoms with Gasteiger partial charge in [-0.2, -0.15) is 0 Å². The Labute approximate surface area is 115 Å². The minimum Gasteiger partial charge on any atom is -0.306 e. The van der Waals surface area contributed by atoms with E-state index < -0.39 is 0 Å². The van der Waals surface area contributed by atoms with Crippen molar-refractivity contribution in [3.63, 3.8) is 0 Å². The van der Waals surface area contributed by atoms with E-state index in [9.17, 15) is 0 Å². The molecule has 0 aromatic carbocycles. The Balaban J connectivity index is 2.05. The van der Waals surface area contributed by atoms with E-state index in [-0.39, 0.29) is 0 Å². The maximum absolute atomic E-state index is 4.72. The van der Waals surface area contributed by atoms with E-state index in [0.717, 1.165) is 28.9 Å². The summed E-state index contributed by atoms with van der Waals surface area (Å²) in [7, 11) is 2.18. The number of piperidine rings is 1. The van der Waals surface area contributed by atoms with E-state index in [2.05, 4.69) is 37.3 Å². The second kappa shape index (κ2) is 4.63. The molecule has 0 aliphatic carbocycles. The molecule has 0 saturated carbocycles. The molecule has 1 saturated heterocycles. The molecular formula is C13H17BrN4. The molecule has 3 heterocycles. The number of nitrogens with zero attached hydrogens (tertiary/aromatic N) is 4. The number of rotatable bonds is 1. The van der Waals surface area contributed by atoms with Crippen molar-refractivity contribution in [2.75, 3.05) is 20.1 Å². The summed E-state index contributed by atoms with van der Waals surface area (Å²) in [5, 5.41) is 0. The van der Waals surface area contributed by atoms with Crippen LogP contribution in [0.4, 0.5) is 0 Å². The third-order valence-corrected chi connectivity index (χ3v) is 4.36. The van der Waals surface area contributed by atoms with Crippen molar-refractivity contribution in [3.8, 4) is 0 Å². The molecule has 2 aromatic heterocycles. The Kier molecular flexibility index (Phi) is 3.11. The second-order valence-corrected chi connectivity index (χ2v) is 5.82. The molecule has 0 spiro atoms. The lowest BCUT2D eigenvalue weighted by molar-refractivity contribution is 0.251. The lowest BCUT2D eigenvalue weighted by Gasteiger charge is -2.28. The number of likely N-dealkylation sites (tertiary alicyclic amines) is 1. The summed E-state index contributed by atoms with van der Waals surface area (Å²) in [5.41, 5.74) is 2.13. The average Bonchev–Trinajstić information content (AvgIpc) is 2.69. The summed E-state index contributed by atoms with van der Waals surface area (Å²) in [6, 6.07) is 0. The standard InChI is InChI=1S/C13H17BrN4/c1-9-11-12(14)16-13(18(11)8-5-15-9)10-3-6-17(2)7-4-10/h5,8,10H,3-4,6-7H2,1-2H3. The molecule has 1 aliphatic rings. The largest absolute Gasteiger partial charge is 0.306 e. The summed E-state index contributed by atoms with van der Waals surface area (Å²) in [6.07, 6.45) is 6.25. The highest BCUT2D eigenvalue weighted by molar-refractivity contribution is 9.10. The third-order valence-electron chi connectivity index (χ3n) is 3.81. The molecule has 0 atom stereocenters. The van der Waals surface area contributed by atoms with Gasteiger partial charge in [-0.05, 0) is 55.8 Å². The Morgan fingerprint density at radius 1 is 1.33 bits per heavy atom. The Bertz CT molecular complexity index is 570. The van der Waals surface area contributed by atoms with Crippen LogP contribution >= 0.6 is 15.9 Å². The lowest BCUT2D eigenvalue weighted by Crippen LogP contribution is -2.29. The number of fused-ring (bicyclic) bond motifs is 1. The maximum Gasteiger partial charge on any atom is 0.134 e. The highest BCUT2D eigenvalue weighted by Crippen LogP contribution is 2.30. The molecule has 0 bridgehead atoms. The minimum absolute atomic E-state index is 0.557. The molecule has 0 radical (unpaired) electrons. The lowest BCUT2D eigenvalue weighted by atomic mass is 9.96. The van der Waals surface area contributed by atoms with E-state index in [1.165, 1.54) is 18.7 Å². The normalized spacial score (nSPS) is 18.6. The topological polar surface area (TPSA) is 33.4 Å². The number of hydrogen-bond donors (Lipinski definition) is 0. The van der Waals surface area contributed by atoms with Crippen molar-refractivity contribution in [3.05, 3.63) is 28.5 Å². The van der Waals surface area contributed by atoms with Gasteiger partial charge in [-0.1, -0.05) is 0 Å². The van der Waals surface area contributed by atoms with E-state index in [0.29, 0.717) is 5.92 Å². The summed E-state index contributed by atoms with van der Waals surface area (Å²) < 4.78 is 3.12. The van der Waals surface area contributed by atoms with Crippen molar-refractivity contribution in [2.45, 2.75) is 25.7 Å². The van der Waals surface area contributed by atoms with Gasteiger partial charge in [-0.15, -0.1) is 0 Å². The highest BCUT2D eigenvalue weighted by Gasteiger charge is 2.23. The molecule has 2 aromatic rings. The number of halogens is 1. The van der Waals surface area contributed by atoms with Crippen molar-refractivity contribution in [1.29, 1.82) is 0 Å². The molecule has 0 amide bonds. The maximum atomic E-state index is 4.72. The van der Waals surface area contributed by atoms with Gasteiger partial charge in [0.15, 0.2) is 0 Å². The van der Waals surface area contributed by atoms with Crippen molar-refractivity contribution < 1.29 is 0 Å². The Morgan fingerprint density at radius 2 is 2.06 bits per heavy atom. The summed E-state index contributed by atoms with van der Waals surface area (Å²) >= 11 is 3.56. The van der Waals surface area contributed by atoms with Gasteiger partial charge in [0.2, 0.25) is 0 Å². The highest BCUT2D eigenvalue weighted by atomic mass is 79.9. The molecule has 1 fully saturated rings. The van der Waals surface area contributed by atoms with Crippen molar-refractivity contribution >= 4 is 21.4 Å². The fourth-order valence-corrected chi connectivity index (χ4v) is 3.38. The van der Waals surface area contributed by atoms with Crippen LogP contribution in [0, 0.1) is 6.92 Å². The van der Waals surface area contributed by atoms with Gasteiger partial charge >= 0.3 is 0 Å². The summed E-state index contributed by atoms with van der Waals surface area (Å²) in [4.78, 5) is 11.4. The first kappa shape index (κ1) is 12.1. The van der Waals surface area contributed by atoms with Crippen LogP contribution in [-0.4, -0.2) is 39.4 Å². The predicted molar refractivity (Wildman–Crippen MR) is 74.9 cm³/mol. The molecule has 3 rings (SSSR count). The quantitative estimate of drug-likeness (QED) is 0.812. The monoisotopic (exact) mass is 308 g/mol. The average molecular weight is 309 g/mol. The Morgan fingerprint density at radius 3 is 2.78 bits per heavy atom. The van der Waals surface area contributed by atoms with E-state index in [1.54, 1.807) is 0 Å². The third kappa shape index (κ3) is 1.95. The van der Waals surface area contributed by atoms with Crippen LogP contribution in [0.2, 0.25) is 0 Å². The smallest absolute Gasteiger partial charge is 0.134 e. The molecule has 18 heavy (non-hydrogen) atoms. The molecule has 4 nitrogen and oxygen atoms in total. The molecule has 5 heteroatoms. The molecule has 0 N–H and O–H groups in total.